The zero-order valence-electron chi connectivity index (χ0n) is 12.9. The largest absolute Gasteiger partial charge is 0.325 e. The standard InChI is InChI=1S/C18H16N4OS/c23-17-16(11-10-13-6-4-5-9-15(13)20-17)24-18-21-19-12-22(18)14-7-2-1-3-8-14/h1-9,12,16H,10-11H2,(H,20,23)/t16-/m0/s1. The van der Waals surface area contributed by atoms with Crippen molar-refractivity contribution in [3.8, 4) is 5.69 Å². The second kappa shape index (κ2) is 6.49. The molecule has 1 aliphatic heterocycles. The van der Waals surface area contributed by atoms with Gasteiger partial charge in [-0.25, -0.2) is 0 Å². The van der Waals surface area contributed by atoms with E-state index in [0.29, 0.717) is 0 Å². The molecule has 3 aromatic rings. The van der Waals surface area contributed by atoms with Crippen LogP contribution in [0.4, 0.5) is 5.69 Å². The minimum absolute atomic E-state index is 0.0209. The van der Waals surface area contributed by atoms with Crippen LogP contribution in [-0.2, 0) is 11.2 Å². The molecule has 120 valence electrons. The van der Waals surface area contributed by atoms with Crippen LogP contribution in [-0.4, -0.2) is 25.9 Å². The van der Waals surface area contributed by atoms with E-state index in [2.05, 4.69) is 21.6 Å². The molecule has 1 atom stereocenters. The van der Waals surface area contributed by atoms with Crippen LogP contribution in [0.1, 0.15) is 12.0 Å². The zero-order chi connectivity index (χ0) is 16.4. The van der Waals surface area contributed by atoms with E-state index in [1.807, 2.05) is 53.1 Å². The van der Waals surface area contributed by atoms with Gasteiger partial charge in [-0.05, 0) is 36.6 Å². The summed E-state index contributed by atoms with van der Waals surface area (Å²) in [6.45, 7) is 0. The third kappa shape index (κ3) is 2.92. The highest BCUT2D eigenvalue weighted by Gasteiger charge is 2.26. The summed E-state index contributed by atoms with van der Waals surface area (Å²) in [5, 5.41) is 11.8. The first kappa shape index (κ1) is 15.0. The molecule has 0 aliphatic carbocycles. The normalized spacial score (nSPS) is 17.0. The molecule has 1 N–H and O–H groups in total. The Hall–Kier alpha value is -2.60. The lowest BCUT2D eigenvalue weighted by atomic mass is 10.1. The number of thioether (sulfide) groups is 1. The number of aromatic nitrogens is 3. The van der Waals surface area contributed by atoms with Gasteiger partial charge in [-0.3, -0.25) is 9.36 Å². The molecule has 1 aliphatic rings. The fourth-order valence-corrected chi connectivity index (χ4v) is 3.82. The van der Waals surface area contributed by atoms with Gasteiger partial charge in [0.25, 0.3) is 0 Å². The highest BCUT2D eigenvalue weighted by molar-refractivity contribution is 8.00. The van der Waals surface area contributed by atoms with Crippen molar-refractivity contribution in [2.75, 3.05) is 5.32 Å². The van der Waals surface area contributed by atoms with Gasteiger partial charge in [0, 0.05) is 11.4 Å². The van der Waals surface area contributed by atoms with Crippen molar-refractivity contribution in [3.63, 3.8) is 0 Å². The Kier molecular flexibility index (Phi) is 4.04. The lowest BCUT2D eigenvalue weighted by molar-refractivity contribution is -0.115. The van der Waals surface area contributed by atoms with Crippen LogP contribution in [0.3, 0.4) is 0 Å². The maximum absolute atomic E-state index is 12.6. The number of hydrogen-bond donors (Lipinski definition) is 1. The highest BCUT2D eigenvalue weighted by Crippen LogP contribution is 2.31. The van der Waals surface area contributed by atoms with Gasteiger partial charge in [0.2, 0.25) is 5.91 Å². The van der Waals surface area contributed by atoms with Gasteiger partial charge in [-0.2, -0.15) is 0 Å². The maximum atomic E-state index is 12.6. The smallest absolute Gasteiger partial charge is 0.237 e. The predicted molar refractivity (Wildman–Crippen MR) is 94.4 cm³/mol. The molecule has 0 radical (unpaired) electrons. The van der Waals surface area contributed by atoms with Gasteiger partial charge in [0.1, 0.15) is 6.33 Å². The number of aryl methyl sites for hydroxylation is 1. The molecule has 6 heteroatoms. The summed E-state index contributed by atoms with van der Waals surface area (Å²) >= 11 is 1.46. The Labute approximate surface area is 144 Å². The third-order valence-corrected chi connectivity index (χ3v) is 5.27. The number of benzene rings is 2. The minimum atomic E-state index is -0.191. The number of carbonyl (C=O) groups excluding carboxylic acids is 1. The van der Waals surface area contributed by atoms with Crippen LogP contribution in [0.25, 0.3) is 5.69 Å². The SMILES string of the molecule is O=C1Nc2ccccc2CC[C@@H]1Sc1nncn1-c1ccccc1. The zero-order valence-corrected chi connectivity index (χ0v) is 13.7. The first-order valence-corrected chi connectivity index (χ1v) is 8.70. The molecule has 24 heavy (non-hydrogen) atoms. The third-order valence-electron chi connectivity index (χ3n) is 4.04. The molecular weight excluding hydrogens is 320 g/mol. The Balaban J connectivity index is 1.57. The van der Waals surface area contributed by atoms with Crippen LogP contribution < -0.4 is 5.32 Å². The summed E-state index contributed by atoms with van der Waals surface area (Å²) in [6, 6.07) is 17.9. The number of rotatable bonds is 3. The van der Waals surface area contributed by atoms with Gasteiger partial charge in [0.05, 0.1) is 5.25 Å². The molecule has 0 saturated heterocycles. The number of nitrogens with zero attached hydrogens (tertiary/aromatic N) is 3. The van der Waals surface area contributed by atoms with Crippen molar-refractivity contribution >= 4 is 23.4 Å². The van der Waals surface area contributed by atoms with Gasteiger partial charge < -0.3 is 5.32 Å². The molecule has 1 amide bonds. The van der Waals surface area contributed by atoms with Gasteiger partial charge in [0.15, 0.2) is 5.16 Å². The molecule has 0 spiro atoms. The predicted octanol–water partition coefficient (Wildman–Crippen LogP) is 3.31. The lowest BCUT2D eigenvalue weighted by Gasteiger charge is -2.13. The fraction of sp³-hybridized carbons (Fsp3) is 0.167. The van der Waals surface area contributed by atoms with Crippen molar-refractivity contribution in [2.24, 2.45) is 0 Å². The van der Waals surface area contributed by atoms with Gasteiger partial charge in [-0.1, -0.05) is 48.2 Å². The second-order valence-electron chi connectivity index (χ2n) is 5.61. The van der Waals surface area contributed by atoms with E-state index in [4.69, 9.17) is 0 Å². The van der Waals surface area contributed by atoms with Crippen molar-refractivity contribution in [1.82, 2.24) is 14.8 Å². The Morgan fingerprint density at radius 2 is 1.88 bits per heavy atom. The number of para-hydroxylation sites is 2. The molecule has 2 heterocycles. The number of nitrogens with one attached hydrogen (secondary N) is 1. The molecule has 5 nitrogen and oxygen atoms in total. The first-order valence-electron chi connectivity index (χ1n) is 7.82. The van der Waals surface area contributed by atoms with Gasteiger partial charge in [-0.15, -0.1) is 10.2 Å². The van der Waals surface area contributed by atoms with Crippen LogP contribution in [0, 0.1) is 0 Å². The van der Waals surface area contributed by atoms with E-state index in [-0.39, 0.29) is 11.2 Å². The van der Waals surface area contributed by atoms with Crippen LogP contribution in [0.15, 0.2) is 66.1 Å². The Morgan fingerprint density at radius 3 is 2.75 bits per heavy atom. The summed E-state index contributed by atoms with van der Waals surface area (Å²) < 4.78 is 1.91. The summed E-state index contributed by atoms with van der Waals surface area (Å²) in [6.07, 6.45) is 3.32. The van der Waals surface area contributed by atoms with E-state index in [1.54, 1.807) is 6.33 Å². The first-order chi connectivity index (χ1) is 11.8. The summed E-state index contributed by atoms with van der Waals surface area (Å²) in [4.78, 5) is 12.6. The maximum Gasteiger partial charge on any atom is 0.237 e. The topological polar surface area (TPSA) is 59.8 Å². The average Bonchev–Trinajstić information content (AvgIpc) is 3.02. The number of carbonyl (C=O) groups is 1. The number of anilines is 1. The van der Waals surface area contributed by atoms with Crippen molar-refractivity contribution in [1.29, 1.82) is 0 Å². The highest BCUT2D eigenvalue weighted by atomic mass is 32.2. The lowest BCUT2D eigenvalue weighted by Crippen LogP contribution is -2.24. The molecule has 2 aromatic carbocycles. The average molecular weight is 336 g/mol. The van der Waals surface area contributed by atoms with Crippen LogP contribution in [0.5, 0.6) is 0 Å². The van der Waals surface area contributed by atoms with E-state index in [0.717, 1.165) is 29.4 Å². The summed E-state index contributed by atoms with van der Waals surface area (Å²) in [5.74, 6) is 0.0209. The van der Waals surface area contributed by atoms with E-state index in [9.17, 15) is 4.79 Å². The Bertz CT molecular complexity index is 862. The molecular formula is C18H16N4OS. The van der Waals surface area contributed by atoms with Crippen molar-refractivity contribution < 1.29 is 4.79 Å². The molecule has 1 aromatic heterocycles. The monoisotopic (exact) mass is 336 g/mol. The molecule has 0 unspecified atom stereocenters. The second-order valence-corrected chi connectivity index (χ2v) is 6.78. The van der Waals surface area contributed by atoms with E-state index in [1.165, 1.54) is 17.3 Å². The quantitative estimate of drug-likeness (QED) is 0.797. The van der Waals surface area contributed by atoms with Crippen LogP contribution >= 0.6 is 11.8 Å². The molecule has 0 bridgehead atoms. The summed E-state index contributed by atoms with van der Waals surface area (Å²) in [5.41, 5.74) is 3.08. The Morgan fingerprint density at radius 1 is 1.08 bits per heavy atom. The van der Waals surface area contributed by atoms with Gasteiger partial charge >= 0.3 is 0 Å². The number of fused-ring (bicyclic) bond motifs is 1. The van der Waals surface area contributed by atoms with Crippen LogP contribution in [0.2, 0.25) is 0 Å². The molecule has 0 fully saturated rings. The molecule has 0 saturated carbocycles. The molecule has 4 rings (SSSR count). The van der Waals surface area contributed by atoms with Crippen molar-refractivity contribution in [3.05, 3.63) is 66.5 Å². The minimum Gasteiger partial charge on any atom is -0.325 e. The fourth-order valence-electron chi connectivity index (χ4n) is 2.80. The number of hydrogen-bond acceptors (Lipinski definition) is 4. The van der Waals surface area contributed by atoms with Crippen molar-refractivity contribution in [2.45, 2.75) is 23.2 Å². The summed E-state index contributed by atoms with van der Waals surface area (Å²) in [7, 11) is 0. The van der Waals surface area contributed by atoms with E-state index < -0.39 is 0 Å². The van der Waals surface area contributed by atoms with E-state index >= 15 is 0 Å². The number of amides is 1.